The van der Waals surface area contributed by atoms with E-state index in [1.807, 2.05) is 0 Å². The second-order valence-electron chi connectivity index (χ2n) is 9.16. The maximum absolute atomic E-state index is 13.2. The predicted octanol–water partition coefficient (Wildman–Crippen LogP) is -0.813. The summed E-state index contributed by atoms with van der Waals surface area (Å²) in [5.74, 6) is -6.79. The average molecular weight is 539 g/mol. The fraction of sp³-hybridized carbons (Fsp3) is 0.500. The van der Waals surface area contributed by atoms with Crippen LogP contribution in [-0.4, -0.2) is 80.2 Å². The van der Waals surface area contributed by atoms with Crippen LogP contribution >= 0.6 is 0 Å². The molecule has 0 bridgehead atoms. The van der Waals surface area contributed by atoms with Crippen molar-refractivity contribution in [2.75, 3.05) is 0 Å². The molecule has 38 heavy (non-hydrogen) atoms. The van der Waals surface area contributed by atoms with E-state index in [0.717, 1.165) is 0 Å². The molecule has 0 aromatic heterocycles. The molecule has 9 N–H and O–H groups in total. The highest BCUT2D eigenvalue weighted by Gasteiger charge is 2.31. The zero-order valence-corrected chi connectivity index (χ0v) is 21.0. The van der Waals surface area contributed by atoms with Crippen LogP contribution in [-0.2, 0) is 35.2 Å². The number of aliphatic carboxylic acids is 3. The summed E-state index contributed by atoms with van der Waals surface area (Å²) >= 11 is 0. The molecule has 4 unspecified atom stereocenters. The zero-order chi connectivity index (χ0) is 29.0. The molecule has 1 rings (SSSR count). The second kappa shape index (κ2) is 15.1. The third-order valence-electron chi connectivity index (χ3n) is 5.34. The first-order valence-electron chi connectivity index (χ1n) is 11.8. The second-order valence-corrected chi connectivity index (χ2v) is 9.16. The van der Waals surface area contributed by atoms with E-state index in [0.29, 0.717) is 5.56 Å². The Morgan fingerprint density at radius 2 is 1.32 bits per heavy atom. The van der Waals surface area contributed by atoms with Gasteiger partial charge in [0.1, 0.15) is 23.9 Å². The summed E-state index contributed by atoms with van der Waals surface area (Å²) in [6, 6.07) is 0.210. The topological polar surface area (TPSA) is 245 Å². The summed E-state index contributed by atoms with van der Waals surface area (Å²) in [6.45, 7) is 3.51. The number of carbonyl (C=O) groups excluding carboxylic acids is 3. The zero-order valence-electron chi connectivity index (χ0n) is 21.0. The van der Waals surface area contributed by atoms with Crippen LogP contribution in [0.1, 0.15) is 45.1 Å². The minimum absolute atomic E-state index is 0.0354. The minimum atomic E-state index is -1.51. The van der Waals surface area contributed by atoms with E-state index in [1.54, 1.807) is 13.8 Å². The fourth-order valence-electron chi connectivity index (χ4n) is 3.41. The number of benzene rings is 1. The van der Waals surface area contributed by atoms with Gasteiger partial charge in [-0.2, -0.15) is 0 Å². The van der Waals surface area contributed by atoms with Gasteiger partial charge in [-0.3, -0.25) is 24.0 Å². The third-order valence-corrected chi connectivity index (χ3v) is 5.34. The summed E-state index contributed by atoms with van der Waals surface area (Å²) < 4.78 is 0. The molecule has 0 fully saturated rings. The number of carboxylic acids is 3. The van der Waals surface area contributed by atoms with Crippen molar-refractivity contribution in [3.63, 3.8) is 0 Å². The fourth-order valence-corrected chi connectivity index (χ4v) is 3.41. The first-order chi connectivity index (χ1) is 17.7. The Kier molecular flexibility index (Phi) is 12.7. The molecule has 14 heteroatoms. The summed E-state index contributed by atoms with van der Waals surface area (Å²) in [5, 5.41) is 43.7. The number of nitrogens with two attached hydrogens (primary N) is 1. The predicted molar refractivity (Wildman–Crippen MR) is 132 cm³/mol. The van der Waals surface area contributed by atoms with Crippen LogP contribution in [0.4, 0.5) is 0 Å². The van der Waals surface area contributed by atoms with Gasteiger partial charge < -0.3 is 42.1 Å². The lowest BCUT2D eigenvalue weighted by Gasteiger charge is -2.26. The van der Waals surface area contributed by atoms with Gasteiger partial charge in [-0.1, -0.05) is 26.0 Å². The number of carbonyl (C=O) groups is 6. The Hall–Kier alpha value is -4.20. The largest absolute Gasteiger partial charge is 0.508 e. The number of hydrogen-bond donors (Lipinski definition) is 8. The Balaban J connectivity index is 3.14. The Labute approximate surface area is 218 Å². The molecule has 3 amide bonds. The molecule has 0 saturated heterocycles. The molecular weight excluding hydrogens is 504 g/mol. The number of aromatic hydroxyl groups is 1. The molecule has 210 valence electrons. The molecule has 14 nitrogen and oxygen atoms in total. The number of hydrogen-bond acceptors (Lipinski definition) is 8. The maximum Gasteiger partial charge on any atom is 0.326 e. The number of phenolic OH excluding ortho intramolecular Hbond substituents is 1. The van der Waals surface area contributed by atoms with Crippen molar-refractivity contribution in [1.82, 2.24) is 16.0 Å². The Morgan fingerprint density at radius 1 is 0.789 bits per heavy atom. The van der Waals surface area contributed by atoms with Crippen LogP contribution in [0.3, 0.4) is 0 Å². The van der Waals surface area contributed by atoms with E-state index in [1.165, 1.54) is 24.3 Å². The van der Waals surface area contributed by atoms with Gasteiger partial charge in [-0.25, -0.2) is 4.79 Å². The van der Waals surface area contributed by atoms with Crippen molar-refractivity contribution >= 4 is 35.6 Å². The van der Waals surface area contributed by atoms with Gasteiger partial charge in [0, 0.05) is 12.8 Å². The Bertz CT molecular complexity index is 1010. The van der Waals surface area contributed by atoms with Gasteiger partial charge in [0.15, 0.2) is 0 Å². The van der Waals surface area contributed by atoms with Gasteiger partial charge in [0.05, 0.1) is 12.5 Å². The maximum atomic E-state index is 13.2. The molecule has 0 heterocycles. The van der Waals surface area contributed by atoms with Gasteiger partial charge in [0.25, 0.3) is 0 Å². The highest BCUT2D eigenvalue weighted by Crippen LogP contribution is 2.13. The summed E-state index contributed by atoms with van der Waals surface area (Å²) in [6.07, 6.45) is -1.59. The first kappa shape index (κ1) is 31.8. The van der Waals surface area contributed by atoms with E-state index in [2.05, 4.69) is 16.0 Å². The quantitative estimate of drug-likeness (QED) is 0.129. The number of phenols is 1. The lowest BCUT2D eigenvalue weighted by atomic mass is 10.00. The van der Waals surface area contributed by atoms with Crippen LogP contribution in [0.25, 0.3) is 0 Å². The van der Waals surface area contributed by atoms with E-state index in [4.69, 9.17) is 15.9 Å². The van der Waals surface area contributed by atoms with Gasteiger partial charge >= 0.3 is 17.9 Å². The smallest absolute Gasteiger partial charge is 0.326 e. The van der Waals surface area contributed by atoms with Crippen LogP contribution in [0.15, 0.2) is 24.3 Å². The molecule has 0 aliphatic carbocycles. The van der Waals surface area contributed by atoms with Crippen LogP contribution in [0, 0.1) is 5.92 Å². The van der Waals surface area contributed by atoms with Gasteiger partial charge in [-0.05, 0) is 36.5 Å². The lowest BCUT2D eigenvalue weighted by molar-refractivity contribution is -0.143. The summed E-state index contributed by atoms with van der Waals surface area (Å²) in [4.78, 5) is 71.8. The van der Waals surface area contributed by atoms with Crippen LogP contribution < -0.4 is 21.7 Å². The van der Waals surface area contributed by atoms with E-state index in [-0.39, 0.29) is 30.9 Å². The molecule has 0 radical (unpaired) electrons. The molecule has 0 saturated carbocycles. The van der Waals surface area contributed by atoms with Crippen LogP contribution in [0.5, 0.6) is 5.75 Å². The highest BCUT2D eigenvalue weighted by molar-refractivity contribution is 5.95. The molecule has 0 aliphatic heterocycles. The van der Waals surface area contributed by atoms with E-state index < -0.39 is 72.6 Å². The van der Waals surface area contributed by atoms with Crippen molar-refractivity contribution < 1.29 is 49.2 Å². The SMILES string of the molecule is CC(C)CC(NC(=O)C(Cc1ccc(O)cc1)NC(=O)C(N)CC(=O)O)C(=O)NC(CCC(=O)O)C(=O)O. The number of amides is 3. The normalized spacial score (nSPS) is 14.0. The Morgan fingerprint density at radius 3 is 1.82 bits per heavy atom. The van der Waals surface area contributed by atoms with Gasteiger partial charge in [-0.15, -0.1) is 0 Å². The van der Waals surface area contributed by atoms with E-state index >= 15 is 0 Å². The molecule has 0 aliphatic rings. The standard InChI is InChI=1S/C24H34N4O10/c1-12(2)9-17(22(35)26-16(24(37)38)7-8-19(30)31)28-23(36)18(10-13-3-5-14(29)6-4-13)27-21(34)15(25)11-20(32)33/h3-6,12,15-18,29H,7-11,25H2,1-2H3,(H,26,35)(H,27,34)(H,28,36)(H,30,31)(H,32,33)(H,37,38). The first-order valence-corrected chi connectivity index (χ1v) is 11.8. The summed E-state index contributed by atoms with van der Waals surface area (Å²) in [7, 11) is 0. The van der Waals surface area contributed by atoms with Crippen molar-refractivity contribution in [3.8, 4) is 5.75 Å². The monoisotopic (exact) mass is 538 g/mol. The highest BCUT2D eigenvalue weighted by atomic mass is 16.4. The van der Waals surface area contributed by atoms with Gasteiger partial charge in [0.2, 0.25) is 17.7 Å². The number of carboxylic acid groups (broad SMARTS) is 3. The lowest BCUT2D eigenvalue weighted by Crippen LogP contribution is -2.58. The van der Waals surface area contributed by atoms with Crippen LogP contribution in [0.2, 0.25) is 0 Å². The van der Waals surface area contributed by atoms with Crippen molar-refractivity contribution in [2.45, 2.75) is 70.1 Å². The van der Waals surface area contributed by atoms with Crippen molar-refractivity contribution in [2.24, 2.45) is 11.7 Å². The number of nitrogens with one attached hydrogen (secondary N) is 3. The average Bonchev–Trinajstić information content (AvgIpc) is 2.80. The summed E-state index contributed by atoms with van der Waals surface area (Å²) in [5.41, 5.74) is 6.12. The molecule has 1 aromatic rings. The molecule has 4 atom stereocenters. The third kappa shape index (κ3) is 11.7. The minimum Gasteiger partial charge on any atom is -0.508 e. The van der Waals surface area contributed by atoms with Crippen molar-refractivity contribution in [3.05, 3.63) is 29.8 Å². The number of rotatable bonds is 16. The molecule has 1 aromatic carbocycles. The molecular formula is C24H34N4O10. The molecule has 0 spiro atoms. The van der Waals surface area contributed by atoms with Crippen molar-refractivity contribution in [1.29, 1.82) is 0 Å². The van der Waals surface area contributed by atoms with E-state index in [9.17, 15) is 39.0 Å².